The lowest BCUT2D eigenvalue weighted by Gasteiger charge is -2.18. The zero-order valence-corrected chi connectivity index (χ0v) is 11.9. The standard InChI is InChI=1S/C12H19N5O3/c1-4-9(11-13-8(2)15-20-11)14-10(18)7-17-6-5-16(3)12(17)19/h9H,4-7H2,1-3H3,(H,14,18)/t9-/m0/s1. The van der Waals surface area contributed by atoms with Crippen LogP contribution in [-0.2, 0) is 4.79 Å². The van der Waals surface area contributed by atoms with Crippen LogP contribution in [0.4, 0.5) is 4.79 Å². The monoisotopic (exact) mass is 281 g/mol. The van der Waals surface area contributed by atoms with Crippen LogP contribution in [0.1, 0.15) is 31.1 Å². The third-order valence-electron chi connectivity index (χ3n) is 3.22. The molecule has 8 heteroatoms. The summed E-state index contributed by atoms with van der Waals surface area (Å²) in [6, 6.07) is -0.444. The van der Waals surface area contributed by atoms with Crippen molar-refractivity contribution in [1.29, 1.82) is 0 Å². The molecule has 0 unspecified atom stereocenters. The van der Waals surface area contributed by atoms with Crippen molar-refractivity contribution >= 4 is 11.9 Å². The molecule has 1 fully saturated rings. The van der Waals surface area contributed by atoms with Gasteiger partial charge in [0.05, 0.1) is 0 Å². The molecular formula is C12H19N5O3. The number of aryl methyl sites for hydroxylation is 1. The van der Waals surface area contributed by atoms with E-state index in [1.807, 2.05) is 6.92 Å². The van der Waals surface area contributed by atoms with Crippen molar-refractivity contribution in [2.75, 3.05) is 26.7 Å². The molecule has 2 rings (SSSR count). The summed E-state index contributed by atoms with van der Waals surface area (Å²) in [5.41, 5.74) is 0. The minimum Gasteiger partial charge on any atom is -0.343 e. The first kappa shape index (κ1) is 14.3. The molecule has 3 amide bonds. The number of nitrogens with one attached hydrogen (secondary N) is 1. The second-order valence-corrected chi connectivity index (χ2v) is 4.83. The van der Waals surface area contributed by atoms with Crippen molar-refractivity contribution in [3.63, 3.8) is 0 Å². The highest BCUT2D eigenvalue weighted by Crippen LogP contribution is 2.14. The first-order valence-electron chi connectivity index (χ1n) is 6.61. The summed E-state index contributed by atoms with van der Waals surface area (Å²) < 4.78 is 5.06. The van der Waals surface area contributed by atoms with Crippen LogP contribution in [-0.4, -0.2) is 58.6 Å². The van der Waals surface area contributed by atoms with Gasteiger partial charge in [-0.3, -0.25) is 4.79 Å². The average Bonchev–Trinajstić information content (AvgIpc) is 2.97. The summed E-state index contributed by atoms with van der Waals surface area (Å²) in [4.78, 5) is 30.9. The van der Waals surface area contributed by atoms with Crippen molar-refractivity contribution in [1.82, 2.24) is 25.3 Å². The molecule has 1 aromatic heterocycles. The van der Waals surface area contributed by atoms with Gasteiger partial charge in [0, 0.05) is 20.1 Å². The lowest BCUT2D eigenvalue weighted by molar-refractivity contribution is -0.122. The highest BCUT2D eigenvalue weighted by Gasteiger charge is 2.28. The summed E-state index contributed by atoms with van der Waals surface area (Å²) in [5.74, 6) is 0.698. The SMILES string of the molecule is CC[C@H](NC(=O)CN1CCN(C)C1=O)c1nc(C)no1. The zero-order valence-electron chi connectivity index (χ0n) is 11.9. The molecule has 1 aliphatic rings. The van der Waals surface area contributed by atoms with Crippen LogP contribution >= 0.6 is 0 Å². The molecule has 1 atom stereocenters. The molecule has 0 saturated carbocycles. The third kappa shape index (κ3) is 3.06. The van der Waals surface area contributed by atoms with Crippen LogP contribution in [0.15, 0.2) is 4.52 Å². The Hall–Kier alpha value is -2.12. The van der Waals surface area contributed by atoms with Gasteiger partial charge in [-0.25, -0.2) is 4.79 Å². The molecule has 0 spiro atoms. The molecule has 0 aromatic carbocycles. The Kier molecular flexibility index (Phi) is 4.21. The van der Waals surface area contributed by atoms with Crippen LogP contribution in [0, 0.1) is 6.92 Å². The molecule has 1 aromatic rings. The van der Waals surface area contributed by atoms with E-state index in [-0.39, 0.29) is 24.5 Å². The lowest BCUT2D eigenvalue weighted by atomic mass is 10.2. The number of urea groups is 1. The number of hydrogen-bond donors (Lipinski definition) is 1. The maximum Gasteiger partial charge on any atom is 0.320 e. The highest BCUT2D eigenvalue weighted by molar-refractivity contribution is 5.85. The van der Waals surface area contributed by atoms with Crippen LogP contribution in [0.25, 0.3) is 0 Å². The maximum absolute atomic E-state index is 12.0. The first-order chi connectivity index (χ1) is 9.51. The van der Waals surface area contributed by atoms with E-state index in [1.165, 1.54) is 4.90 Å². The van der Waals surface area contributed by atoms with E-state index < -0.39 is 0 Å². The van der Waals surface area contributed by atoms with E-state index in [9.17, 15) is 9.59 Å². The Bertz CT molecular complexity index is 501. The van der Waals surface area contributed by atoms with Crippen molar-refractivity contribution in [2.45, 2.75) is 26.3 Å². The Morgan fingerprint density at radius 3 is 2.75 bits per heavy atom. The number of aromatic nitrogens is 2. The number of carbonyl (C=O) groups is 2. The molecule has 0 bridgehead atoms. The largest absolute Gasteiger partial charge is 0.343 e. The predicted octanol–water partition coefficient (Wildman–Crippen LogP) is 0.313. The van der Waals surface area contributed by atoms with Crippen LogP contribution in [0.2, 0.25) is 0 Å². The maximum atomic E-state index is 12.0. The molecular weight excluding hydrogens is 262 g/mol. The molecule has 8 nitrogen and oxygen atoms in total. The smallest absolute Gasteiger partial charge is 0.320 e. The number of likely N-dealkylation sites (N-methyl/N-ethyl adjacent to an activating group) is 1. The molecule has 0 radical (unpaired) electrons. The fraction of sp³-hybridized carbons (Fsp3) is 0.667. The molecule has 110 valence electrons. The summed E-state index contributed by atoms with van der Waals surface area (Å²) in [6.45, 7) is 4.90. The molecule has 0 aliphatic carbocycles. The van der Waals surface area contributed by atoms with Crippen LogP contribution < -0.4 is 5.32 Å². The van der Waals surface area contributed by atoms with E-state index in [2.05, 4.69) is 15.5 Å². The Morgan fingerprint density at radius 1 is 1.50 bits per heavy atom. The van der Waals surface area contributed by atoms with Gasteiger partial charge in [-0.05, 0) is 13.3 Å². The molecule has 1 saturated heterocycles. The van der Waals surface area contributed by atoms with Gasteiger partial charge in [0.1, 0.15) is 12.6 Å². The van der Waals surface area contributed by atoms with Gasteiger partial charge in [-0.1, -0.05) is 12.1 Å². The molecule has 20 heavy (non-hydrogen) atoms. The normalized spacial score (nSPS) is 16.6. The van der Waals surface area contributed by atoms with Crippen molar-refractivity contribution in [3.05, 3.63) is 11.7 Å². The summed E-state index contributed by atoms with van der Waals surface area (Å²) in [7, 11) is 1.72. The van der Waals surface area contributed by atoms with Crippen LogP contribution in [0.5, 0.6) is 0 Å². The number of carbonyl (C=O) groups excluding carboxylic acids is 2. The van der Waals surface area contributed by atoms with E-state index in [1.54, 1.807) is 18.9 Å². The Labute approximate surface area is 117 Å². The fourth-order valence-corrected chi connectivity index (χ4v) is 2.06. The van der Waals surface area contributed by atoms with Gasteiger partial charge in [-0.2, -0.15) is 4.98 Å². The Balaban J connectivity index is 1.91. The molecule has 2 heterocycles. The second-order valence-electron chi connectivity index (χ2n) is 4.83. The van der Waals surface area contributed by atoms with E-state index >= 15 is 0 Å². The van der Waals surface area contributed by atoms with Gasteiger partial charge >= 0.3 is 6.03 Å². The zero-order chi connectivity index (χ0) is 14.7. The Morgan fingerprint density at radius 2 is 2.25 bits per heavy atom. The van der Waals surface area contributed by atoms with Gasteiger partial charge < -0.3 is 19.6 Å². The van der Waals surface area contributed by atoms with Crippen LogP contribution in [0.3, 0.4) is 0 Å². The number of hydrogen-bond acceptors (Lipinski definition) is 5. The quantitative estimate of drug-likeness (QED) is 0.838. The van der Waals surface area contributed by atoms with E-state index in [0.29, 0.717) is 31.2 Å². The minimum atomic E-state index is -0.320. The number of rotatable bonds is 5. The van der Waals surface area contributed by atoms with Gasteiger partial charge in [0.15, 0.2) is 5.82 Å². The van der Waals surface area contributed by atoms with Crippen molar-refractivity contribution < 1.29 is 14.1 Å². The molecule has 1 aliphatic heterocycles. The van der Waals surface area contributed by atoms with Gasteiger partial charge in [-0.15, -0.1) is 0 Å². The van der Waals surface area contributed by atoms with Crippen molar-refractivity contribution in [3.8, 4) is 0 Å². The topological polar surface area (TPSA) is 91.6 Å². The minimum absolute atomic E-state index is 0.0484. The second kappa shape index (κ2) is 5.89. The van der Waals surface area contributed by atoms with E-state index in [4.69, 9.17) is 4.52 Å². The van der Waals surface area contributed by atoms with E-state index in [0.717, 1.165) is 0 Å². The average molecular weight is 281 g/mol. The highest BCUT2D eigenvalue weighted by atomic mass is 16.5. The summed E-state index contributed by atoms with van der Waals surface area (Å²) >= 11 is 0. The molecule has 1 N–H and O–H groups in total. The predicted molar refractivity (Wildman–Crippen MR) is 69.8 cm³/mol. The van der Waals surface area contributed by atoms with Gasteiger partial charge in [0.25, 0.3) is 0 Å². The first-order valence-corrected chi connectivity index (χ1v) is 6.61. The lowest BCUT2D eigenvalue weighted by Crippen LogP contribution is -2.40. The summed E-state index contributed by atoms with van der Waals surface area (Å²) in [6.07, 6.45) is 0.640. The fourth-order valence-electron chi connectivity index (χ4n) is 2.06. The number of amides is 3. The third-order valence-corrected chi connectivity index (χ3v) is 3.22. The van der Waals surface area contributed by atoms with Gasteiger partial charge in [0.2, 0.25) is 11.8 Å². The number of nitrogens with zero attached hydrogens (tertiary/aromatic N) is 4. The van der Waals surface area contributed by atoms with Crippen molar-refractivity contribution in [2.24, 2.45) is 0 Å². The summed E-state index contributed by atoms with van der Waals surface area (Å²) in [5, 5.41) is 6.52.